The number of carbonyl (C=O) groups excluding carboxylic acids is 1. The molecule has 1 heterocycles. The maximum atomic E-state index is 12.8. The minimum atomic E-state index is -0.474. The highest BCUT2D eigenvalue weighted by Crippen LogP contribution is 2.20. The summed E-state index contributed by atoms with van der Waals surface area (Å²) >= 11 is 6.07. The van der Waals surface area contributed by atoms with Gasteiger partial charge in [-0.3, -0.25) is 9.59 Å². The highest BCUT2D eigenvalue weighted by molar-refractivity contribution is 6.33. The first kappa shape index (κ1) is 18.0. The van der Waals surface area contributed by atoms with Crippen LogP contribution in [0.5, 0.6) is 0 Å². The van der Waals surface area contributed by atoms with Crippen molar-refractivity contribution in [1.82, 2.24) is 4.57 Å². The second-order valence-corrected chi connectivity index (χ2v) is 6.63. The smallest absolute Gasteiger partial charge is 0.263 e. The molecule has 0 fully saturated rings. The molecule has 1 aromatic heterocycles. The van der Waals surface area contributed by atoms with Crippen LogP contribution in [0.1, 0.15) is 27.0 Å². The van der Waals surface area contributed by atoms with Gasteiger partial charge in [-0.1, -0.05) is 47.5 Å². The van der Waals surface area contributed by atoms with E-state index in [1.807, 2.05) is 26.0 Å². The summed E-state index contributed by atoms with van der Waals surface area (Å²) in [4.78, 5) is 25.3. The molecule has 0 spiro atoms. The standard InChI is InChI=1S/C21H19ClN2O2/c1-14-9-10-15(2)16(12-14)13-24-11-5-6-17(21(24)26)20(25)23-19-8-4-3-7-18(19)22/h3-12H,13H2,1-2H3,(H,23,25). The molecule has 1 amide bonds. The molecule has 5 heteroatoms. The Labute approximate surface area is 157 Å². The number of benzene rings is 2. The third-order valence-electron chi connectivity index (χ3n) is 4.23. The van der Waals surface area contributed by atoms with E-state index in [9.17, 15) is 9.59 Å². The predicted octanol–water partition coefficient (Wildman–Crippen LogP) is 4.42. The van der Waals surface area contributed by atoms with Crippen LogP contribution < -0.4 is 10.9 Å². The van der Waals surface area contributed by atoms with E-state index in [0.717, 1.165) is 16.7 Å². The molecule has 0 saturated heterocycles. The number of rotatable bonds is 4. The number of anilines is 1. The maximum Gasteiger partial charge on any atom is 0.263 e. The first-order valence-electron chi connectivity index (χ1n) is 8.27. The van der Waals surface area contributed by atoms with E-state index in [1.165, 1.54) is 6.07 Å². The number of hydrogen-bond acceptors (Lipinski definition) is 2. The van der Waals surface area contributed by atoms with Crippen LogP contribution in [0, 0.1) is 13.8 Å². The number of amides is 1. The van der Waals surface area contributed by atoms with Crippen LogP contribution in [0.4, 0.5) is 5.69 Å². The molecule has 0 aliphatic carbocycles. The summed E-state index contributed by atoms with van der Waals surface area (Å²) in [6, 6.07) is 16.3. The molecule has 0 atom stereocenters. The third-order valence-corrected chi connectivity index (χ3v) is 4.56. The Morgan fingerprint density at radius 1 is 1.08 bits per heavy atom. The fraction of sp³-hybridized carbons (Fsp3) is 0.143. The van der Waals surface area contributed by atoms with Gasteiger partial charge in [0, 0.05) is 6.20 Å². The summed E-state index contributed by atoms with van der Waals surface area (Å²) in [6.45, 7) is 4.44. The Kier molecular flexibility index (Phi) is 5.24. The number of halogens is 1. The van der Waals surface area contributed by atoms with Crippen LogP contribution in [-0.4, -0.2) is 10.5 Å². The van der Waals surface area contributed by atoms with Crippen LogP contribution in [-0.2, 0) is 6.54 Å². The normalized spacial score (nSPS) is 10.6. The largest absolute Gasteiger partial charge is 0.320 e. The zero-order valence-electron chi connectivity index (χ0n) is 14.6. The van der Waals surface area contributed by atoms with Gasteiger partial charge in [-0.2, -0.15) is 0 Å². The molecule has 3 aromatic rings. The number of aromatic nitrogens is 1. The molecule has 132 valence electrons. The van der Waals surface area contributed by atoms with Crippen molar-refractivity contribution < 1.29 is 4.79 Å². The van der Waals surface area contributed by atoms with Crippen molar-refractivity contribution in [2.75, 3.05) is 5.32 Å². The van der Waals surface area contributed by atoms with Crippen molar-refractivity contribution in [3.63, 3.8) is 0 Å². The van der Waals surface area contributed by atoms with Gasteiger partial charge in [-0.25, -0.2) is 0 Å². The summed E-state index contributed by atoms with van der Waals surface area (Å²) in [5.41, 5.74) is 3.51. The molecule has 26 heavy (non-hydrogen) atoms. The number of aryl methyl sites for hydroxylation is 2. The quantitative estimate of drug-likeness (QED) is 0.743. The molecular formula is C21H19ClN2O2. The minimum absolute atomic E-state index is 0.0812. The molecule has 0 radical (unpaired) electrons. The molecule has 0 saturated carbocycles. The Bertz CT molecular complexity index is 1020. The fourth-order valence-electron chi connectivity index (χ4n) is 2.74. The molecule has 0 aliphatic heterocycles. The van der Waals surface area contributed by atoms with Gasteiger partial charge in [0.05, 0.1) is 17.3 Å². The Hall–Kier alpha value is -2.85. The van der Waals surface area contributed by atoms with Crippen LogP contribution >= 0.6 is 11.6 Å². The van der Waals surface area contributed by atoms with Crippen molar-refractivity contribution in [2.45, 2.75) is 20.4 Å². The molecule has 0 unspecified atom stereocenters. The summed E-state index contributed by atoms with van der Waals surface area (Å²) in [7, 11) is 0. The van der Waals surface area contributed by atoms with Crippen LogP contribution in [0.2, 0.25) is 5.02 Å². The maximum absolute atomic E-state index is 12.8. The van der Waals surface area contributed by atoms with Crippen molar-refractivity contribution in [3.8, 4) is 0 Å². The third kappa shape index (κ3) is 3.86. The van der Waals surface area contributed by atoms with Gasteiger partial charge < -0.3 is 9.88 Å². The van der Waals surface area contributed by atoms with E-state index in [0.29, 0.717) is 17.3 Å². The highest BCUT2D eigenvalue weighted by Gasteiger charge is 2.14. The molecule has 0 bridgehead atoms. The van der Waals surface area contributed by atoms with E-state index in [2.05, 4.69) is 11.4 Å². The fourth-order valence-corrected chi connectivity index (χ4v) is 2.92. The van der Waals surface area contributed by atoms with Crippen molar-refractivity contribution in [1.29, 1.82) is 0 Å². The molecule has 0 aliphatic rings. The topological polar surface area (TPSA) is 51.1 Å². The first-order valence-corrected chi connectivity index (χ1v) is 8.65. The zero-order chi connectivity index (χ0) is 18.7. The highest BCUT2D eigenvalue weighted by atomic mass is 35.5. The van der Waals surface area contributed by atoms with Gasteiger partial charge in [0.15, 0.2) is 0 Å². The summed E-state index contributed by atoms with van der Waals surface area (Å²) in [5, 5.41) is 3.12. The van der Waals surface area contributed by atoms with Gasteiger partial charge >= 0.3 is 0 Å². The lowest BCUT2D eigenvalue weighted by Crippen LogP contribution is -2.29. The number of para-hydroxylation sites is 1. The van der Waals surface area contributed by atoms with Crippen molar-refractivity contribution >= 4 is 23.2 Å². The lowest BCUT2D eigenvalue weighted by atomic mass is 10.1. The SMILES string of the molecule is Cc1ccc(C)c(Cn2cccc(C(=O)Nc3ccccc3Cl)c2=O)c1. The van der Waals surface area contributed by atoms with E-state index in [1.54, 1.807) is 41.1 Å². The molecule has 4 nitrogen and oxygen atoms in total. The van der Waals surface area contributed by atoms with E-state index in [-0.39, 0.29) is 11.1 Å². The van der Waals surface area contributed by atoms with E-state index < -0.39 is 5.91 Å². The first-order chi connectivity index (χ1) is 12.5. The van der Waals surface area contributed by atoms with Crippen molar-refractivity contribution in [2.24, 2.45) is 0 Å². The lowest BCUT2D eigenvalue weighted by molar-refractivity contribution is 0.102. The second kappa shape index (κ2) is 7.58. The number of nitrogens with one attached hydrogen (secondary N) is 1. The number of hydrogen-bond donors (Lipinski definition) is 1. The molecule has 1 N–H and O–H groups in total. The van der Waals surface area contributed by atoms with Crippen LogP contribution in [0.3, 0.4) is 0 Å². The molecule has 3 rings (SSSR count). The Morgan fingerprint density at radius 3 is 2.62 bits per heavy atom. The monoisotopic (exact) mass is 366 g/mol. The zero-order valence-corrected chi connectivity index (χ0v) is 15.4. The van der Waals surface area contributed by atoms with Gasteiger partial charge in [0.25, 0.3) is 11.5 Å². The summed E-state index contributed by atoms with van der Waals surface area (Å²) < 4.78 is 1.54. The van der Waals surface area contributed by atoms with Gasteiger partial charge in [0.2, 0.25) is 0 Å². The molecular weight excluding hydrogens is 348 g/mol. The lowest BCUT2D eigenvalue weighted by Gasteiger charge is -2.12. The second-order valence-electron chi connectivity index (χ2n) is 6.22. The number of carbonyl (C=O) groups is 1. The summed E-state index contributed by atoms with van der Waals surface area (Å²) in [6.07, 6.45) is 1.69. The van der Waals surface area contributed by atoms with Gasteiger partial charge in [-0.15, -0.1) is 0 Å². The number of nitrogens with zero attached hydrogens (tertiary/aromatic N) is 1. The van der Waals surface area contributed by atoms with E-state index in [4.69, 9.17) is 11.6 Å². The summed E-state index contributed by atoms with van der Waals surface area (Å²) in [5.74, 6) is -0.474. The Morgan fingerprint density at radius 2 is 1.85 bits per heavy atom. The van der Waals surface area contributed by atoms with Gasteiger partial charge in [-0.05, 0) is 49.2 Å². The Balaban J connectivity index is 1.90. The number of pyridine rings is 1. The molecule has 2 aromatic carbocycles. The van der Waals surface area contributed by atoms with E-state index >= 15 is 0 Å². The predicted molar refractivity (Wildman–Crippen MR) is 105 cm³/mol. The van der Waals surface area contributed by atoms with Crippen LogP contribution in [0.15, 0.2) is 65.6 Å². The van der Waals surface area contributed by atoms with Crippen molar-refractivity contribution in [3.05, 3.63) is 98.4 Å². The van der Waals surface area contributed by atoms with Crippen LogP contribution in [0.25, 0.3) is 0 Å². The average molecular weight is 367 g/mol. The average Bonchev–Trinajstić information content (AvgIpc) is 2.62. The minimum Gasteiger partial charge on any atom is -0.320 e. The van der Waals surface area contributed by atoms with Gasteiger partial charge in [0.1, 0.15) is 5.56 Å².